The molecular weight excluding hydrogens is 604 g/mol. The van der Waals surface area contributed by atoms with Gasteiger partial charge in [0.2, 0.25) is 0 Å². The van der Waals surface area contributed by atoms with E-state index in [0.29, 0.717) is 16.3 Å². The fourth-order valence-corrected chi connectivity index (χ4v) is 6.49. The first-order chi connectivity index (χ1) is 22.8. The van der Waals surface area contributed by atoms with Crippen LogP contribution < -0.4 is 14.5 Å². The lowest BCUT2D eigenvalue weighted by Gasteiger charge is -2.29. The summed E-state index contributed by atoms with van der Waals surface area (Å²) in [5.74, 6) is 0.278. The highest BCUT2D eigenvalue weighted by atomic mass is 35.5. The number of halogens is 1. The summed E-state index contributed by atoms with van der Waals surface area (Å²) in [4.78, 5) is 18.0. The van der Waals surface area contributed by atoms with E-state index in [1.54, 1.807) is 7.11 Å². The van der Waals surface area contributed by atoms with E-state index in [1.165, 1.54) is 0 Å². The number of cyclic esters (lactones) is 1. The summed E-state index contributed by atoms with van der Waals surface area (Å²) in [6.45, 7) is 5.99. The highest BCUT2D eigenvalue weighted by Gasteiger charge is 2.47. The van der Waals surface area contributed by atoms with Crippen LogP contribution in [0.4, 0.5) is 11.4 Å². The molecule has 1 aliphatic rings. The van der Waals surface area contributed by atoms with Crippen LogP contribution in [-0.4, -0.2) is 40.3 Å². The summed E-state index contributed by atoms with van der Waals surface area (Å²) < 4.78 is 12.5. The molecule has 1 unspecified atom stereocenters. The maximum Gasteiger partial charge on any atom is 0.340 e. The van der Waals surface area contributed by atoms with Gasteiger partial charge in [-0.25, -0.2) is 4.79 Å². The Kier molecular flexibility index (Phi) is 9.10. The van der Waals surface area contributed by atoms with Crippen LogP contribution in [0.5, 0.6) is 5.75 Å². The normalized spacial score (nSPS) is 16.0. The number of fused-ring (bicyclic) bond motifs is 2. The van der Waals surface area contributed by atoms with Gasteiger partial charge in [-0.15, -0.1) is 0 Å². The molecule has 1 heterocycles. The molecule has 0 fully saturated rings. The first kappa shape index (κ1) is 32.0. The van der Waals surface area contributed by atoms with E-state index in [-0.39, 0.29) is 5.97 Å². The van der Waals surface area contributed by atoms with Crippen molar-refractivity contribution in [1.29, 1.82) is 0 Å². The van der Waals surface area contributed by atoms with Gasteiger partial charge in [0.25, 0.3) is 0 Å². The molecule has 0 aromatic heterocycles. The zero-order chi connectivity index (χ0) is 33.1. The van der Waals surface area contributed by atoms with E-state index >= 15 is 0 Å². The Balaban J connectivity index is 1.55. The third kappa shape index (κ3) is 6.11. The number of carbonyl (C=O) groups is 1. The number of anilines is 2. The van der Waals surface area contributed by atoms with Crippen LogP contribution in [0, 0.1) is 0 Å². The maximum atomic E-state index is 13.7. The molecule has 1 aliphatic heterocycles. The predicted molar refractivity (Wildman–Crippen MR) is 195 cm³/mol. The van der Waals surface area contributed by atoms with E-state index in [9.17, 15) is 4.79 Å². The fourth-order valence-electron chi connectivity index (χ4n) is 6.37. The van der Waals surface area contributed by atoms with Crippen LogP contribution in [0.3, 0.4) is 0 Å². The third-order valence-electron chi connectivity index (χ3n) is 8.92. The molecule has 0 N–H and O–H groups in total. The Hall–Kier alpha value is -5.00. The van der Waals surface area contributed by atoms with Crippen LogP contribution >= 0.6 is 11.6 Å². The minimum absolute atomic E-state index is 0.369. The van der Waals surface area contributed by atoms with Crippen molar-refractivity contribution in [3.63, 3.8) is 0 Å². The number of benzene rings is 5. The monoisotopic (exact) mass is 642 g/mol. The third-order valence-corrected chi connectivity index (χ3v) is 9.17. The number of allylic oxidation sites excluding steroid dienone is 2. The van der Waals surface area contributed by atoms with E-state index in [2.05, 4.69) is 72.2 Å². The van der Waals surface area contributed by atoms with Crippen LogP contribution in [0.1, 0.15) is 46.5 Å². The molecule has 0 radical (unpaired) electrons. The number of hydrogen-bond acceptors (Lipinski definition) is 5. The molecule has 238 valence electrons. The van der Waals surface area contributed by atoms with E-state index in [0.717, 1.165) is 63.1 Å². The Morgan fingerprint density at radius 2 is 1.43 bits per heavy atom. The quantitative estimate of drug-likeness (QED) is 0.112. The van der Waals surface area contributed by atoms with Crippen molar-refractivity contribution in [1.82, 2.24) is 0 Å². The van der Waals surface area contributed by atoms with Crippen LogP contribution in [-0.2, 0) is 10.3 Å². The van der Waals surface area contributed by atoms with Gasteiger partial charge in [-0.2, -0.15) is 0 Å². The summed E-state index contributed by atoms with van der Waals surface area (Å²) in [5, 5.41) is 2.69. The lowest BCUT2D eigenvalue weighted by molar-refractivity contribution is 0.0269. The zero-order valence-corrected chi connectivity index (χ0v) is 28.2. The minimum atomic E-state index is -1.22. The standard InChI is InChI=1S/C41H39ClN2O3/c1-6-44(7-2)34-22-23-37(39(27-34)46-5)41(38-26-31-12-9-8-11-30(31)25-36(38)40(45)47-41)24-10-13-35(28-14-18-32(42)19-15-28)29-16-20-33(21-17-29)43(3)4/h8-27H,6-7H2,1-5H3/b24-10-,35-13+. The maximum absolute atomic E-state index is 13.7. The van der Waals surface area contributed by atoms with Crippen molar-refractivity contribution in [3.8, 4) is 5.75 Å². The number of nitrogens with zero attached hydrogens (tertiary/aromatic N) is 2. The number of esters is 1. The molecular formula is C41H39ClN2O3. The molecule has 0 saturated heterocycles. The number of hydrogen-bond donors (Lipinski definition) is 0. The summed E-state index contributed by atoms with van der Waals surface area (Å²) in [5.41, 5.74) is 6.09. The zero-order valence-electron chi connectivity index (χ0n) is 27.5. The molecule has 0 bridgehead atoms. The molecule has 0 aliphatic carbocycles. The lowest BCUT2D eigenvalue weighted by Crippen LogP contribution is -2.27. The Morgan fingerprint density at radius 3 is 2.04 bits per heavy atom. The molecule has 0 amide bonds. The largest absolute Gasteiger partial charge is 0.496 e. The number of rotatable bonds is 10. The van der Waals surface area contributed by atoms with Crippen LogP contribution in [0.2, 0.25) is 5.02 Å². The number of carbonyl (C=O) groups excluding carboxylic acids is 1. The molecule has 0 spiro atoms. The fraction of sp³-hybridized carbons (Fsp3) is 0.195. The van der Waals surface area contributed by atoms with E-state index < -0.39 is 5.60 Å². The van der Waals surface area contributed by atoms with Gasteiger partial charge in [-0.3, -0.25) is 0 Å². The van der Waals surface area contributed by atoms with Gasteiger partial charge in [0.05, 0.1) is 12.7 Å². The van der Waals surface area contributed by atoms with Crippen molar-refractivity contribution >= 4 is 45.3 Å². The first-order valence-corrected chi connectivity index (χ1v) is 16.3. The van der Waals surface area contributed by atoms with E-state index in [4.69, 9.17) is 21.1 Å². The van der Waals surface area contributed by atoms with Gasteiger partial charge in [0.1, 0.15) is 5.75 Å². The highest BCUT2D eigenvalue weighted by Crippen LogP contribution is 2.48. The summed E-state index contributed by atoms with van der Waals surface area (Å²) in [6, 6.07) is 34.5. The lowest BCUT2D eigenvalue weighted by atomic mass is 9.83. The average Bonchev–Trinajstić information content (AvgIpc) is 3.37. The molecule has 47 heavy (non-hydrogen) atoms. The molecule has 5 aromatic carbocycles. The van der Waals surface area contributed by atoms with Gasteiger partial charge >= 0.3 is 5.97 Å². The second-order valence-electron chi connectivity index (χ2n) is 11.8. The van der Waals surface area contributed by atoms with Gasteiger partial charge in [-0.1, -0.05) is 72.3 Å². The van der Waals surface area contributed by atoms with Gasteiger partial charge in [-0.05, 0) is 95.9 Å². The number of methoxy groups -OCH3 is 1. The molecule has 6 heteroatoms. The molecule has 5 aromatic rings. The van der Waals surface area contributed by atoms with Gasteiger partial charge in [0.15, 0.2) is 5.60 Å². The van der Waals surface area contributed by atoms with Crippen molar-refractivity contribution in [3.05, 3.63) is 154 Å². The van der Waals surface area contributed by atoms with Crippen molar-refractivity contribution in [2.24, 2.45) is 0 Å². The summed E-state index contributed by atoms with van der Waals surface area (Å²) >= 11 is 6.27. The second-order valence-corrected chi connectivity index (χ2v) is 12.3. The summed E-state index contributed by atoms with van der Waals surface area (Å²) in [6.07, 6.45) is 6.03. The molecule has 6 rings (SSSR count). The van der Waals surface area contributed by atoms with Crippen molar-refractivity contribution in [2.45, 2.75) is 19.4 Å². The average molecular weight is 643 g/mol. The molecule has 5 nitrogen and oxygen atoms in total. The molecule has 1 atom stereocenters. The number of ether oxygens (including phenoxy) is 2. The minimum Gasteiger partial charge on any atom is -0.496 e. The molecule has 0 saturated carbocycles. The van der Waals surface area contributed by atoms with Crippen LogP contribution in [0.15, 0.2) is 121 Å². The van der Waals surface area contributed by atoms with Crippen molar-refractivity contribution < 1.29 is 14.3 Å². The Morgan fingerprint density at radius 1 is 0.809 bits per heavy atom. The Labute approximate surface area is 282 Å². The first-order valence-electron chi connectivity index (χ1n) is 15.9. The van der Waals surface area contributed by atoms with Crippen LogP contribution in [0.25, 0.3) is 16.3 Å². The van der Waals surface area contributed by atoms with Gasteiger partial charge in [0, 0.05) is 60.8 Å². The topological polar surface area (TPSA) is 42.0 Å². The van der Waals surface area contributed by atoms with Crippen molar-refractivity contribution in [2.75, 3.05) is 44.1 Å². The predicted octanol–water partition coefficient (Wildman–Crippen LogP) is 9.52. The highest BCUT2D eigenvalue weighted by molar-refractivity contribution is 6.30. The van der Waals surface area contributed by atoms with E-state index in [1.807, 2.05) is 86.9 Å². The SMILES string of the molecule is CCN(CC)c1ccc(C2(/C=C\C=C(/c3ccc(Cl)cc3)c3ccc(N(C)C)cc3)OC(=O)c3cc4ccccc4cc32)c(OC)c1. The smallest absolute Gasteiger partial charge is 0.340 e. The Bertz CT molecular complexity index is 1980. The second kappa shape index (κ2) is 13.4. The van der Waals surface area contributed by atoms with Gasteiger partial charge < -0.3 is 19.3 Å². The summed E-state index contributed by atoms with van der Waals surface area (Å²) in [7, 11) is 5.72.